The predicted octanol–water partition coefficient (Wildman–Crippen LogP) is 5.11. The molecular formula is C24H19F3N4O. The summed E-state index contributed by atoms with van der Waals surface area (Å²) in [6.45, 7) is 1.64. The highest BCUT2D eigenvalue weighted by molar-refractivity contribution is 5.95. The minimum absolute atomic E-state index is 0.223. The highest BCUT2D eigenvalue weighted by Gasteiger charge is 2.31. The molecular weight excluding hydrogens is 417 g/mol. The fourth-order valence-electron chi connectivity index (χ4n) is 3.44. The Labute approximate surface area is 182 Å². The molecule has 0 aliphatic rings. The van der Waals surface area contributed by atoms with Crippen LogP contribution in [-0.2, 0) is 6.18 Å². The van der Waals surface area contributed by atoms with Crippen LogP contribution in [0.15, 0.2) is 85.2 Å². The Bertz CT molecular complexity index is 1180. The summed E-state index contributed by atoms with van der Waals surface area (Å²) in [5, 5.41) is 7.13. The summed E-state index contributed by atoms with van der Waals surface area (Å²) >= 11 is 0. The van der Waals surface area contributed by atoms with Crippen LogP contribution < -0.4 is 5.32 Å². The third kappa shape index (κ3) is 4.39. The van der Waals surface area contributed by atoms with Crippen LogP contribution >= 0.6 is 0 Å². The summed E-state index contributed by atoms with van der Waals surface area (Å²) in [5.41, 5.74) is 1.64. The summed E-state index contributed by atoms with van der Waals surface area (Å²) in [5.74, 6) is -0.403. The van der Waals surface area contributed by atoms with E-state index in [0.717, 1.165) is 17.7 Å². The number of carbonyl (C=O) groups excluding carboxylic acids is 1. The Morgan fingerprint density at radius 1 is 1.00 bits per heavy atom. The molecule has 4 aromatic rings. The van der Waals surface area contributed by atoms with Gasteiger partial charge in [0.25, 0.3) is 5.91 Å². The van der Waals surface area contributed by atoms with Gasteiger partial charge in [0.15, 0.2) is 0 Å². The molecule has 2 aromatic heterocycles. The Balaban J connectivity index is 1.65. The number of halogens is 3. The average molecular weight is 436 g/mol. The molecule has 162 valence electrons. The van der Waals surface area contributed by atoms with Gasteiger partial charge in [-0.05, 0) is 42.8 Å². The number of hydrogen-bond acceptors (Lipinski definition) is 3. The Morgan fingerprint density at radius 2 is 1.75 bits per heavy atom. The molecule has 1 N–H and O–H groups in total. The summed E-state index contributed by atoms with van der Waals surface area (Å²) in [4.78, 5) is 17.5. The van der Waals surface area contributed by atoms with Gasteiger partial charge in [-0.3, -0.25) is 9.78 Å². The number of pyridine rings is 1. The minimum Gasteiger partial charge on any atom is -0.339 e. The second-order valence-electron chi connectivity index (χ2n) is 7.18. The molecule has 1 atom stereocenters. The van der Waals surface area contributed by atoms with Gasteiger partial charge in [0.1, 0.15) is 0 Å². The zero-order chi connectivity index (χ0) is 22.7. The van der Waals surface area contributed by atoms with E-state index in [-0.39, 0.29) is 11.3 Å². The summed E-state index contributed by atoms with van der Waals surface area (Å²) in [6, 6.07) is 19.2. The molecule has 0 fully saturated rings. The van der Waals surface area contributed by atoms with Gasteiger partial charge in [-0.1, -0.05) is 42.5 Å². The quantitative estimate of drug-likeness (QED) is 0.473. The van der Waals surface area contributed by atoms with E-state index in [9.17, 15) is 18.0 Å². The molecule has 8 heteroatoms. The molecule has 1 amide bonds. The maximum absolute atomic E-state index is 13.1. The number of nitrogens with zero attached hydrogens (tertiary/aromatic N) is 3. The zero-order valence-corrected chi connectivity index (χ0v) is 17.0. The maximum atomic E-state index is 13.1. The summed E-state index contributed by atoms with van der Waals surface area (Å²) in [7, 11) is 0. The number of benzene rings is 2. The smallest absolute Gasteiger partial charge is 0.339 e. The van der Waals surface area contributed by atoms with Gasteiger partial charge in [-0.2, -0.15) is 18.3 Å². The van der Waals surface area contributed by atoms with Crippen LogP contribution in [0.5, 0.6) is 0 Å². The molecule has 32 heavy (non-hydrogen) atoms. The predicted molar refractivity (Wildman–Crippen MR) is 113 cm³/mol. The highest BCUT2D eigenvalue weighted by atomic mass is 19.4. The molecule has 0 spiro atoms. The number of carbonyl (C=O) groups is 1. The average Bonchev–Trinajstić information content (AvgIpc) is 3.19. The van der Waals surface area contributed by atoms with Gasteiger partial charge in [0, 0.05) is 6.20 Å². The minimum atomic E-state index is -4.47. The van der Waals surface area contributed by atoms with E-state index in [1.165, 1.54) is 23.0 Å². The zero-order valence-electron chi connectivity index (χ0n) is 17.0. The lowest BCUT2D eigenvalue weighted by Crippen LogP contribution is -2.30. The lowest BCUT2D eigenvalue weighted by Gasteiger charge is -2.19. The van der Waals surface area contributed by atoms with Crippen molar-refractivity contribution in [3.05, 3.63) is 113 Å². The van der Waals surface area contributed by atoms with Gasteiger partial charge in [0.05, 0.1) is 40.4 Å². The fourth-order valence-corrected chi connectivity index (χ4v) is 3.44. The molecule has 1 unspecified atom stereocenters. The standard InChI is InChI=1S/C24H19F3N4O/c1-16-20(15-29-31(16)19-11-7-10-18(14-19)24(25,26)27)23(32)30-22(17-8-3-2-4-9-17)21-12-5-6-13-28-21/h2-15,22H,1H3,(H,30,32). The lowest BCUT2D eigenvalue weighted by molar-refractivity contribution is -0.137. The summed E-state index contributed by atoms with van der Waals surface area (Å²) < 4.78 is 40.6. The van der Waals surface area contributed by atoms with Crippen LogP contribution in [0.4, 0.5) is 13.2 Å². The number of hydrogen-bond donors (Lipinski definition) is 1. The topological polar surface area (TPSA) is 59.8 Å². The van der Waals surface area contributed by atoms with Gasteiger partial charge in [0.2, 0.25) is 0 Å². The number of amides is 1. The van der Waals surface area contributed by atoms with Crippen molar-refractivity contribution >= 4 is 5.91 Å². The van der Waals surface area contributed by atoms with Crippen molar-refractivity contribution < 1.29 is 18.0 Å². The van der Waals surface area contributed by atoms with E-state index in [0.29, 0.717) is 11.4 Å². The second-order valence-corrected chi connectivity index (χ2v) is 7.18. The first kappa shape index (κ1) is 21.3. The molecule has 0 saturated carbocycles. The molecule has 5 nitrogen and oxygen atoms in total. The number of aromatic nitrogens is 3. The molecule has 0 aliphatic heterocycles. The van der Waals surface area contributed by atoms with E-state index in [1.54, 1.807) is 19.2 Å². The van der Waals surface area contributed by atoms with Crippen molar-refractivity contribution in [2.75, 3.05) is 0 Å². The van der Waals surface area contributed by atoms with Crippen LogP contribution in [0.25, 0.3) is 5.69 Å². The first-order valence-corrected chi connectivity index (χ1v) is 9.83. The third-order valence-corrected chi connectivity index (χ3v) is 5.06. The van der Waals surface area contributed by atoms with Crippen molar-refractivity contribution in [2.45, 2.75) is 19.1 Å². The SMILES string of the molecule is Cc1c(C(=O)NC(c2ccccc2)c2ccccn2)cnn1-c1cccc(C(F)(F)F)c1. The molecule has 0 bridgehead atoms. The second kappa shape index (κ2) is 8.66. The fraction of sp³-hybridized carbons (Fsp3) is 0.125. The van der Waals surface area contributed by atoms with E-state index < -0.39 is 23.7 Å². The largest absolute Gasteiger partial charge is 0.416 e. The van der Waals surface area contributed by atoms with E-state index >= 15 is 0 Å². The van der Waals surface area contributed by atoms with Gasteiger partial charge in [-0.25, -0.2) is 4.68 Å². The van der Waals surface area contributed by atoms with E-state index in [1.807, 2.05) is 42.5 Å². The van der Waals surface area contributed by atoms with Crippen LogP contribution in [-0.4, -0.2) is 20.7 Å². The summed E-state index contributed by atoms with van der Waals surface area (Å²) in [6.07, 6.45) is -1.47. The third-order valence-electron chi connectivity index (χ3n) is 5.06. The highest BCUT2D eigenvalue weighted by Crippen LogP contribution is 2.30. The van der Waals surface area contributed by atoms with Crippen LogP contribution in [0.1, 0.15) is 38.9 Å². The molecule has 2 heterocycles. The van der Waals surface area contributed by atoms with E-state index in [4.69, 9.17) is 0 Å². The van der Waals surface area contributed by atoms with Crippen molar-refractivity contribution in [1.82, 2.24) is 20.1 Å². The van der Waals surface area contributed by atoms with Crippen molar-refractivity contribution in [3.8, 4) is 5.69 Å². The van der Waals surface area contributed by atoms with E-state index in [2.05, 4.69) is 15.4 Å². The molecule has 0 aliphatic carbocycles. The Morgan fingerprint density at radius 3 is 2.44 bits per heavy atom. The molecule has 0 saturated heterocycles. The first-order chi connectivity index (χ1) is 15.3. The van der Waals surface area contributed by atoms with Gasteiger partial charge >= 0.3 is 6.18 Å². The maximum Gasteiger partial charge on any atom is 0.416 e. The molecule has 0 radical (unpaired) electrons. The number of rotatable bonds is 5. The molecule has 2 aromatic carbocycles. The Hall–Kier alpha value is -3.94. The lowest BCUT2D eigenvalue weighted by atomic mass is 10.0. The van der Waals surface area contributed by atoms with Crippen LogP contribution in [0.3, 0.4) is 0 Å². The number of nitrogens with one attached hydrogen (secondary N) is 1. The van der Waals surface area contributed by atoms with Crippen LogP contribution in [0, 0.1) is 6.92 Å². The monoisotopic (exact) mass is 436 g/mol. The first-order valence-electron chi connectivity index (χ1n) is 9.83. The van der Waals surface area contributed by atoms with Crippen LogP contribution in [0.2, 0.25) is 0 Å². The Kier molecular flexibility index (Phi) is 5.77. The van der Waals surface area contributed by atoms with Crippen molar-refractivity contribution in [1.29, 1.82) is 0 Å². The normalized spacial score (nSPS) is 12.4. The number of alkyl halides is 3. The van der Waals surface area contributed by atoms with Gasteiger partial charge in [-0.15, -0.1) is 0 Å². The van der Waals surface area contributed by atoms with Crippen molar-refractivity contribution in [2.24, 2.45) is 0 Å². The van der Waals surface area contributed by atoms with Gasteiger partial charge < -0.3 is 5.32 Å². The van der Waals surface area contributed by atoms with Crippen molar-refractivity contribution in [3.63, 3.8) is 0 Å². The molecule has 4 rings (SSSR count).